The number of aryl methyl sites for hydroxylation is 1. The third-order valence-electron chi connectivity index (χ3n) is 5.21. The molecule has 0 saturated heterocycles. The van der Waals surface area contributed by atoms with Gasteiger partial charge in [-0.25, -0.2) is 0 Å². The molecule has 2 aliphatic rings. The molecule has 0 radical (unpaired) electrons. The minimum absolute atomic E-state index is 0.0196. The van der Waals surface area contributed by atoms with E-state index in [0.29, 0.717) is 13.1 Å². The van der Waals surface area contributed by atoms with Gasteiger partial charge in [0.25, 0.3) is 0 Å². The Labute approximate surface area is 159 Å². The minimum Gasteiger partial charge on any atom is -0.464 e. The van der Waals surface area contributed by atoms with Crippen LogP contribution >= 0.6 is 0 Å². The summed E-state index contributed by atoms with van der Waals surface area (Å²) >= 11 is 0. The van der Waals surface area contributed by atoms with Crippen LogP contribution in [0.15, 0.2) is 46.9 Å². The van der Waals surface area contributed by atoms with E-state index < -0.39 is 0 Å². The van der Waals surface area contributed by atoms with Gasteiger partial charge in [-0.15, -0.1) is 0 Å². The highest BCUT2D eigenvalue weighted by Crippen LogP contribution is 2.36. The lowest BCUT2D eigenvalue weighted by Crippen LogP contribution is -2.44. The topological polar surface area (TPSA) is 53.8 Å². The molecule has 0 unspecified atom stereocenters. The van der Waals surface area contributed by atoms with Crippen LogP contribution in [0.4, 0.5) is 0 Å². The molecule has 5 heteroatoms. The summed E-state index contributed by atoms with van der Waals surface area (Å²) in [6.45, 7) is 3.00. The third-order valence-corrected chi connectivity index (χ3v) is 5.21. The average Bonchev–Trinajstić information content (AvgIpc) is 3.58. The number of carbonyl (C=O) groups is 2. The molecule has 1 aromatic heterocycles. The maximum Gasteiger partial charge on any atom is 0.242 e. The zero-order chi connectivity index (χ0) is 18.8. The van der Waals surface area contributed by atoms with Crippen LogP contribution in [-0.4, -0.2) is 34.2 Å². The van der Waals surface area contributed by atoms with Crippen LogP contribution in [0.25, 0.3) is 0 Å². The van der Waals surface area contributed by atoms with Crippen LogP contribution in [0.1, 0.15) is 42.8 Å². The molecule has 2 amide bonds. The largest absolute Gasteiger partial charge is 0.464 e. The van der Waals surface area contributed by atoms with E-state index in [-0.39, 0.29) is 30.3 Å². The molecule has 4 rings (SSSR count). The highest BCUT2D eigenvalue weighted by molar-refractivity contribution is 5.87. The minimum atomic E-state index is -0.0196. The fourth-order valence-electron chi connectivity index (χ4n) is 3.38. The van der Waals surface area contributed by atoms with E-state index in [0.717, 1.165) is 42.8 Å². The van der Waals surface area contributed by atoms with E-state index in [1.54, 1.807) is 4.90 Å². The van der Waals surface area contributed by atoms with E-state index in [9.17, 15) is 9.59 Å². The molecule has 0 aliphatic heterocycles. The van der Waals surface area contributed by atoms with Crippen molar-refractivity contribution >= 4 is 11.8 Å². The number of hydrogen-bond acceptors (Lipinski definition) is 3. The lowest BCUT2D eigenvalue weighted by molar-refractivity contribution is -0.142. The quantitative estimate of drug-likeness (QED) is 0.718. The summed E-state index contributed by atoms with van der Waals surface area (Å²) in [5.74, 6) is 1.89. The molecule has 2 aliphatic carbocycles. The Morgan fingerprint density at radius 1 is 1.00 bits per heavy atom. The van der Waals surface area contributed by atoms with Gasteiger partial charge in [-0.1, -0.05) is 30.3 Å². The fourth-order valence-corrected chi connectivity index (χ4v) is 3.38. The first kappa shape index (κ1) is 17.8. The van der Waals surface area contributed by atoms with Crippen LogP contribution in [0.5, 0.6) is 0 Å². The first-order valence-corrected chi connectivity index (χ1v) is 9.77. The Morgan fingerprint density at radius 3 is 2.33 bits per heavy atom. The lowest BCUT2D eigenvalue weighted by Gasteiger charge is -2.27. The number of carbonyl (C=O) groups excluding carboxylic acids is 2. The first-order valence-electron chi connectivity index (χ1n) is 9.77. The van der Waals surface area contributed by atoms with Crippen molar-refractivity contribution in [2.45, 2.75) is 51.7 Å². The molecule has 0 atom stereocenters. The number of hydrogen-bond donors (Lipinski definition) is 0. The van der Waals surface area contributed by atoms with Crippen LogP contribution in [-0.2, 0) is 22.7 Å². The SMILES string of the molecule is Cc1ccc(CN(Cc2ccccc2)C(=O)CN(C(=O)C2CC2)C2CC2)o1. The van der Waals surface area contributed by atoms with Gasteiger partial charge in [0.2, 0.25) is 11.8 Å². The number of rotatable bonds is 8. The molecule has 2 saturated carbocycles. The van der Waals surface area contributed by atoms with Gasteiger partial charge in [0, 0.05) is 18.5 Å². The van der Waals surface area contributed by atoms with Gasteiger partial charge in [-0.05, 0) is 50.3 Å². The van der Waals surface area contributed by atoms with Gasteiger partial charge >= 0.3 is 0 Å². The Morgan fingerprint density at radius 2 is 1.74 bits per heavy atom. The average molecular weight is 366 g/mol. The molecule has 142 valence electrons. The molecule has 27 heavy (non-hydrogen) atoms. The van der Waals surface area contributed by atoms with Crippen LogP contribution in [0, 0.1) is 12.8 Å². The normalized spacial score (nSPS) is 16.2. The number of nitrogens with zero attached hydrogens (tertiary/aromatic N) is 2. The van der Waals surface area contributed by atoms with Crippen molar-refractivity contribution in [1.82, 2.24) is 9.80 Å². The summed E-state index contributed by atoms with van der Waals surface area (Å²) in [4.78, 5) is 29.4. The van der Waals surface area contributed by atoms with Gasteiger partial charge in [-0.2, -0.15) is 0 Å². The van der Waals surface area contributed by atoms with Crippen molar-refractivity contribution in [2.75, 3.05) is 6.54 Å². The van der Waals surface area contributed by atoms with E-state index in [1.165, 1.54) is 0 Å². The molecule has 2 aromatic rings. The molecule has 5 nitrogen and oxygen atoms in total. The Bertz CT molecular complexity index is 806. The Kier molecular flexibility index (Phi) is 5.01. The molecule has 1 aromatic carbocycles. The standard InChI is InChI=1S/C22H26N2O3/c1-16-7-12-20(27-16)14-23(13-17-5-3-2-4-6-17)21(25)15-24(19-10-11-19)22(26)18-8-9-18/h2-7,12,18-19H,8-11,13-15H2,1H3. The van der Waals surface area contributed by atoms with Crippen LogP contribution in [0.2, 0.25) is 0 Å². The summed E-state index contributed by atoms with van der Waals surface area (Å²) in [5, 5.41) is 0. The zero-order valence-corrected chi connectivity index (χ0v) is 15.8. The van der Waals surface area contributed by atoms with Crippen molar-refractivity contribution < 1.29 is 14.0 Å². The van der Waals surface area contributed by atoms with Gasteiger partial charge in [0.15, 0.2) is 0 Å². The van der Waals surface area contributed by atoms with Gasteiger partial charge < -0.3 is 14.2 Å². The highest BCUT2D eigenvalue weighted by Gasteiger charge is 2.41. The van der Waals surface area contributed by atoms with Crippen molar-refractivity contribution in [3.8, 4) is 0 Å². The van der Waals surface area contributed by atoms with Gasteiger partial charge in [0.1, 0.15) is 18.1 Å². The number of amides is 2. The van der Waals surface area contributed by atoms with Crippen molar-refractivity contribution in [2.24, 2.45) is 5.92 Å². The predicted molar refractivity (Wildman–Crippen MR) is 102 cm³/mol. The van der Waals surface area contributed by atoms with E-state index in [4.69, 9.17) is 4.42 Å². The second-order valence-electron chi connectivity index (χ2n) is 7.72. The molecular weight excluding hydrogens is 340 g/mol. The maximum absolute atomic E-state index is 13.1. The summed E-state index contributed by atoms with van der Waals surface area (Å²) in [7, 11) is 0. The van der Waals surface area contributed by atoms with Crippen LogP contribution in [0.3, 0.4) is 0 Å². The van der Waals surface area contributed by atoms with Crippen molar-refractivity contribution in [1.29, 1.82) is 0 Å². The highest BCUT2D eigenvalue weighted by atomic mass is 16.3. The molecule has 0 bridgehead atoms. The summed E-state index contributed by atoms with van der Waals surface area (Å²) in [5.41, 5.74) is 1.07. The Balaban J connectivity index is 1.49. The number of furan rings is 1. The summed E-state index contributed by atoms with van der Waals surface area (Å²) < 4.78 is 5.69. The third kappa shape index (κ3) is 4.59. The molecular formula is C22H26N2O3. The van der Waals surface area contributed by atoms with E-state index in [2.05, 4.69) is 0 Å². The van der Waals surface area contributed by atoms with Crippen molar-refractivity contribution in [3.63, 3.8) is 0 Å². The van der Waals surface area contributed by atoms with E-state index >= 15 is 0 Å². The second-order valence-corrected chi connectivity index (χ2v) is 7.72. The number of benzene rings is 1. The van der Waals surface area contributed by atoms with Gasteiger partial charge in [-0.3, -0.25) is 9.59 Å². The fraction of sp³-hybridized carbons (Fsp3) is 0.455. The van der Waals surface area contributed by atoms with Crippen LogP contribution < -0.4 is 0 Å². The monoisotopic (exact) mass is 366 g/mol. The lowest BCUT2D eigenvalue weighted by atomic mass is 10.2. The van der Waals surface area contributed by atoms with Crippen molar-refractivity contribution in [3.05, 3.63) is 59.5 Å². The molecule has 2 fully saturated rings. The maximum atomic E-state index is 13.1. The molecule has 0 N–H and O–H groups in total. The zero-order valence-electron chi connectivity index (χ0n) is 15.8. The predicted octanol–water partition coefficient (Wildman–Crippen LogP) is 3.52. The Hall–Kier alpha value is -2.56. The smallest absolute Gasteiger partial charge is 0.242 e. The molecule has 0 spiro atoms. The summed E-state index contributed by atoms with van der Waals surface area (Å²) in [6, 6.07) is 14.0. The van der Waals surface area contributed by atoms with Gasteiger partial charge in [0.05, 0.1) is 6.54 Å². The second kappa shape index (κ2) is 7.59. The summed E-state index contributed by atoms with van der Waals surface area (Å²) in [6.07, 6.45) is 3.97. The van der Waals surface area contributed by atoms with E-state index in [1.807, 2.05) is 54.3 Å². The first-order chi connectivity index (χ1) is 13.1. The molecule has 1 heterocycles.